The lowest BCUT2D eigenvalue weighted by Gasteiger charge is -2.37. The molecule has 2 aromatic rings. The standard InChI is InChI=1S/C20H20N2O3/c1-24-20(23)19(17-9-5-6-15(12-17)13-21)22-10-11-25-18(14-22)16-7-3-2-4-8-16/h2-9,12,18-19H,10-11,14H2,1H3. The maximum absolute atomic E-state index is 12.5. The number of hydrogen-bond donors (Lipinski definition) is 0. The summed E-state index contributed by atoms with van der Waals surface area (Å²) in [4.78, 5) is 14.5. The topological polar surface area (TPSA) is 62.6 Å². The van der Waals surface area contributed by atoms with Crippen molar-refractivity contribution in [2.24, 2.45) is 0 Å². The minimum absolute atomic E-state index is 0.0961. The molecule has 0 bridgehead atoms. The molecule has 0 amide bonds. The van der Waals surface area contributed by atoms with Crippen LogP contribution in [0.2, 0.25) is 0 Å². The number of ether oxygens (including phenoxy) is 2. The molecule has 2 atom stereocenters. The summed E-state index contributed by atoms with van der Waals surface area (Å²) in [5.41, 5.74) is 2.38. The zero-order chi connectivity index (χ0) is 17.6. The number of hydrogen-bond acceptors (Lipinski definition) is 5. The van der Waals surface area contributed by atoms with Crippen molar-refractivity contribution in [3.63, 3.8) is 0 Å². The zero-order valence-corrected chi connectivity index (χ0v) is 14.1. The summed E-state index contributed by atoms with van der Waals surface area (Å²) < 4.78 is 10.9. The van der Waals surface area contributed by atoms with Crippen molar-refractivity contribution in [2.75, 3.05) is 26.8 Å². The Kier molecular flexibility index (Phi) is 5.44. The number of morpholine rings is 1. The molecule has 1 fully saturated rings. The number of carbonyl (C=O) groups is 1. The van der Waals surface area contributed by atoms with Crippen LogP contribution in [0.15, 0.2) is 54.6 Å². The van der Waals surface area contributed by atoms with Crippen molar-refractivity contribution >= 4 is 5.97 Å². The van der Waals surface area contributed by atoms with Crippen molar-refractivity contribution in [1.29, 1.82) is 5.26 Å². The molecule has 2 unspecified atom stereocenters. The second-order valence-electron chi connectivity index (χ2n) is 5.93. The van der Waals surface area contributed by atoms with Crippen LogP contribution in [0.1, 0.15) is 28.8 Å². The first-order valence-electron chi connectivity index (χ1n) is 8.21. The van der Waals surface area contributed by atoms with Crippen LogP contribution in [0.4, 0.5) is 0 Å². The highest BCUT2D eigenvalue weighted by Crippen LogP contribution is 2.30. The molecule has 1 saturated heterocycles. The summed E-state index contributed by atoms with van der Waals surface area (Å²) in [7, 11) is 1.39. The molecule has 25 heavy (non-hydrogen) atoms. The first-order chi connectivity index (χ1) is 12.2. The lowest BCUT2D eigenvalue weighted by Crippen LogP contribution is -2.43. The fraction of sp³-hybridized carbons (Fsp3) is 0.300. The predicted molar refractivity (Wildman–Crippen MR) is 92.6 cm³/mol. The molecule has 5 heteroatoms. The Morgan fingerprint density at radius 2 is 2.08 bits per heavy atom. The van der Waals surface area contributed by atoms with Gasteiger partial charge in [0.2, 0.25) is 0 Å². The van der Waals surface area contributed by atoms with E-state index in [1.807, 2.05) is 36.4 Å². The number of rotatable bonds is 4. The number of nitriles is 1. The Balaban J connectivity index is 1.88. The first-order valence-corrected chi connectivity index (χ1v) is 8.21. The fourth-order valence-corrected chi connectivity index (χ4v) is 3.16. The molecular formula is C20H20N2O3. The van der Waals surface area contributed by atoms with Crippen LogP contribution in [0, 0.1) is 11.3 Å². The molecule has 5 nitrogen and oxygen atoms in total. The highest BCUT2D eigenvalue weighted by molar-refractivity contribution is 5.77. The molecule has 3 rings (SSSR count). The largest absolute Gasteiger partial charge is 0.468 e. The van der Waals surface area contributed by atoms with Crippen molar-refractivity contribution in [2.45, 2.75) is 12.1 Å². The van der Waals surface area contributed by atoms with Gasteiger partial charge in [-0.1, -0.05) is 42.5 Å². The number of esters is 1. The van der Waals surface area contributed by atoms with Crippen molar-refractivity contribution in [1.82, 2.24) is 4.90 Å². The van der Waals surface area contributed by atoms with Crippen LogP contribution in [-0.4, -0.2) is 37.7 Å². The number of methoxy groups -OCH3 is 1. The van der Waals surface area contributed by atoms with E-state index in [9.17, 15) is 4.79 Å². The second kappa shape index (κ2) is 7.93. The van der Waals surface area contributed by atoms with Gasteiger partial charge in [-0.05, 0) is 23.3 Å². The zero-order valence-electron chi connectivity index (χ0n) is 14.1. The molecule has 0 aromatic heterocycles. The highest BCUT2D eigenvalue weighted by Gasteiger charge is 2.33. The predicted octanol–water partition coefficient (Wildman–Crippen LogP) is 2.85. The Bertz CT molecular complexity index is 770. The fourth-order valence-electron chi connectivity index (χ4n) is 3.16. The van der Waals surface area contributed by atoms with Crippen LogP contribution < -0.4 is 0 Å². The van der Waals surface area contributed by atoms with Crippen molar-refractivity contribution in [3.05, 3.63) is 71.3 Å². The average Bonchev–Trinajstić information content (AvgIpc) is 2.69. The minimum atomic E-state index is -0.548. The maximum Gasteiger partial charge on any atom is 0.327 e. The average molecular weight is 336 g/mol. The monoisotopic (exact) mass is 336 g/mol. The van der Waals surface area contributed by atoms with Gasteiger partial charge >= 0.3 is 5.97 Å². The molecule has 1 aliphatic rings. The van der Waals surface area contributed by atoms with E-state index < -0.39 is 6.04 Å². The van der Waals surface area contributed by atoms with Crippen LogP contribution in [0.3, 0.4) is 0 Å². The molecule has 0 spiro atoms. The molecule has 0 saturated carbocycles. The summed E-state index contributed by atoms with van der Waals surface area (Å²) >= 11 is 0. The minimum Gasteiger partial charge on any atom is -0.468 e. The molecule has 0 aliphatic carbocycles. The summed E-state index contributed by atoms with van der Waals surface area (Å²) in [5.74, 6) is -0.330. The van der Waals surface area contributed by atoms with Gasteiger partial charge in [0.25, 0.3) is 0 Å². The normalized spacial score (nSPS) is 19.0. The van der Waals surface area contributed by atoms with Gasteiger partial charge in [0.1, 0.15) is 6.04 Å². The SMILES string of the molecule is COC(=O)C(c1cccc(C#N)c1)N1CCOC(c2ccccc2)C1. The summed E-state index contributed by atoms with van der Waals surface area (Å²) in [5, 5.41) is 9.14. The van der Waals surface area contributed by atoms with E-state index in [-0.39, 0.29) is 12.1 Å². The third kappa shape index (κ3) is 3.87. The highest BCUT2D eigenvalue weighted by atomic mass is 16.5. The Morgan fingerprint density at radius 1 is 1.28 bits per heavy atom. The molecule has 128 valence electrons. The molecule has 1 heterocycles. The van der Waals surface area contributed by atoms with Gasteiger partial charge < -0.3 is 9.47 Å². The van der Waals surface area contributed by atoms with Crippen molar-refractivity contribution < 1.29 is 14.3 Å². The lowest BCUT2D eigenvalue weighted by molar-refractivity contribution is -0.150. The van der Waals surface area contributed by atoms with E-state index in [0.717, 1.165) is 11.1 Å². The third-order valence-corrected chi connectivity index (χ3v) is 4.39. The van der Waals surface area contributed by atoms with Gasteiger partial charge in [-0.25, -0.2) is 4.79 Å². The Labute approximate surface area is 147 Å². The molecule has 0 N–H and O–H groups in total. The van der Waals surface area contributed by atoms with Crippen LogP contribution in [-0.2, 0) is 14.3 Å². The summed E-state index contributed by atoms with van der Waals surface area (Å²) in [6.45, 7) is 1.74. The number of carbonyl (C=O) groups excluding carboxylic acids is 1. The Morgan fingerprint density at radius 3 is 2.80 bits per heavy atom. The van der Waals surface area contributed by atoms with Gasteiger partial charge in [0.15, 0.2) is 0 Å². The van der Waals surface area contributed by atoms with Gasteiger partial charge in [-0.15, -0.1) is 0 Å². The first kappa shape index (κ1) is 17.2. The van der Waals surface area contributed by atoms with E-state index >= 15 is 0 Å². The number of nitrogens with zero attached hydrogens (tertiary/aromatic N) is 2. The summed E-state index contributed by atoms with van der Waals surface area (Å²) in [6, 6.07) is 18.7. The van der Waals surface area contributed by atoms with E-state index in [1.54, 1.807) is 18.2 Å². The van der Waals surface area contributed by atoms with Crippen LogP contribution >= 0.6 is 0 Å². The quantitative estimate of drug-likeness (QED) is 0.804. The van der Waals surface area contributed by atoms with Crippen molar-refractivity contribution in [3.8, 4) is 6.07 Å². The van der Waals surface area contributed by atoms with E-state index in [4.69, 9.17) is 14.7 Å². The Hall–Kier alpha value is -2.68. The number of benzene rings is 2. The molecule has 2 aromatic carbocycles. The van der Waals surface area contributed by atoms with E-state index in [0.29, 0.717) is 25.3 Å². The third-order valence-electron chi connectivity index (χ3n) is 4.39. The lowest BCUT2D eigenvalue weighted by atomic mass is 10.0. The van der Waals surface area contributed by atoms with Gasteiger partial charge in [-0.2, -0.15) is 5.26 Å². The molecule has 0 radical (unpaired) electrons. The molecular weight excluding hydrogens is 316 g/mol. The van der Waals surface area contributed by atoms with Gasteiger partial charge in [0, 0.05) is 13.1 Å². The van der Waals surface area contributed by atoms with Gasteiger partial charge in [0.05, 0.1) is 31.5 Å². The van der Waals surface area contributed by atoms with Crippen LogP contribution in [0.5, 0.6) is 0 Å². The maximum atomic E-state index is 12.5. The second-order valence-corrected chi connectivity index (χ2v) is 5.93. The molecule has 1 aliphatic heterocycles. The summed E-state index contributed by atoms with van der Waals surface area (Å²) in [6.07, 6.45) is -0.0961. The van der Waals surface area contributed by atoms with E-state index in [2.05, 4.69) is 11.0 Å². The smallest absolute Gasteiger partial charge is 0.327 e. The van der Waals surface area contributed by atoms with Crippen LogP contribution in [0.25, 0.3) is 0 Å². The van der Waals surface area contributed by atoms with E-state index in [1.165, 1.54) is 7.11 Å². The van der Waals surface area contributed by atoms with Gasteiger partial charge in [-0.3, -0.25) is 4.90 Å².